The predicted octanol–water partition coefficient (Wildman–Crippen LogP) is 2.67. The SMILES string of the molecule is COC(=O)Nc1cccc(C)c1CNc1cc([N+](=O)[O-])cnc1N. The number of rotatable bonds is 5. The van der Waals surface area contributed by atoms with E-state index in [9.17, 15) is 14.9 Å². The van der Waals surface area contributed by atoms with Gasteiger partial charge in [-0.3, -0.25) is 15.4 Å². The average molecular weight is 331 g/mol. The highest BCUT2D eigenvalue weighted by atomic mass is 16.6. The van der Waals surface area contributed by atoms with Crippen LogP contribution in [0.4, 0.5) is 27.7 Å². The molecule has 24 heavy (non-hydrogen) atoms. The van der Waals surface area contributed by atoms with Gasteiger partial charge in [0.2, 0.25) is 0 Å². The number of hydrogen-bond acceptors (Lipinski definition) is 7. The lowest BCUT2D eigenvalue weighted by Gasteiger charge is -2.15. The summed E-state index contributed by atoms with van der Waals surface area (Å²) in [7, 11) is 1.28. The highest BCUT2D eigenvalue weighted by Gasteiger charge is 2.13. The molecule has 0 unspecified atom stereocenters. The van der Waals surface area contributed by atoms with E-state index in [2.05, 4.69) is 20.4 Å². The Balaban J connectivity index is 2.25. The summed E-state index contributed by atoms with van der Waals surface area (Å²) in [6, 6.07) is 6.73. The fourth-order valence-corrected chi connectivity index (χ4v) is 2.10. The molecule has 0 bridgehead atoms. The van der Waals surface area contributed by atoms with Crippen molar-refractivity contribution in [1.29, 1.82) is 0 Å². The van der Waals surface area contributed by atoms with Crippen LogP contribution >= 0.6 is 0 Å². The van der Waals surface area contributed by atoms with Crippen LogP contribution in [0.2, 0.25) is 0 Å². The number of nitrogens with zero attached hydrogens (tertiary/aromatic N) is 2. The van der Waals surface area contributed by atoms with Crippen LogP contribution in [-0.4, -0.2) is 23.1 Å². The Hall–Kier alpha value is -3.36. The number of nitrogens with two attached hydrogens (primary N) is 1. The lowest BCUT2D eigenvalue weighted by Crippen LogP contribution is -2.14. The molecule has 126 valence electrons. The summed E-state index contributed by atoms with van der Waals surface area (Å²) in [4.78, 5) is 25.5. The summed E-state index contributed by atoms with van der Waals surface area (Å²) in [6.07, 6.45) is 0.511. The number of methoxy groups -OCH3 is 1. The summed E-state index contributed by atoms with van der Waals surface area (Å²) in [6.45, 7) is 2.17. The average Bonchev–Trinajstić information content (AvgIpc) is 2.55. The molecule has 0 saturated carbocycles. The molecule has 0 atom stereocenters. The fraction of sp³-hybridized carbons (Fsp3) is 0.200. The van der Waals surface area contributed by atoms with Gasteiger partial charge in [-0.2, -0.15) is 0 Å². The highest BCUT2D eigenvalue weighted by molar-refractivity contribution is 5.86. The number of carbonyl (C=O) groups excluding carboxylic acids is 1. The van der Waals surface area contributed by atoms with E-state index in [1.165, 1.54) is 13.2 Å². The van der Waals surface area contributed by atoms with Crippen LogP contribution in [0.5, 0.6) is 0 Å². The van der Waals surface area contributed by atoms with Gasteiger partial charge in [-0.1, -0.05) is 12.1 Å². The van der Waals surface area contributed by atoms with E-state index >= 15 is 0 Å². The zero-order valence-corrected chi connectivity index (χ0v) is 13.2. The van der Waals surface area contributed by atoms with Crippen molar-refractivity contribution in [1.82, 2.24) is 4.98 Å². The van der Waals surface area contributed by atoms with E-state index in [0.717, 1.165) is 17.3 Å². The number of anilines is 3. The van der Waals surface area contributed by atoms with Crippen molar-refractivity contribution in [3.8, 4) is 0 Å². The number of pyridine rings is 1. The van der Waals surface area contributed by atoms with Crippen molar-refractivity contribution in [3.63, 3.8) is 0 Å². The fourth-order valence-electron chi connectivity index (χ4n) is 2.10. The molecular weight excluding hydrogens is 314 g/mol. The van der Waals surface area contributed by atoms with E-state index in [4.69, 9.17) is 5.73 Å². The smallest absolute Gasteiger partial charge is 0.411 e. The third-order valence-electron chi connectivity index (χ3n) is 3.40. The van der Waals surface area contributed by atoms with Gasteiger partial charge < -0.3 is 15.8 Å². The van der Waals surface area contributed by atoms with Gasteiger partial charge in [-0.05, 0) is 24.1 Å². The molecule has 0 fully saturated rings. The van der Waals surface area contributed by atoms with Crippen molar-refractivity contribution in [2.75, 3.05) is 23.5 Å². The molecule has 2 rings (SSSR count). The summed E-state index contributed by atoms with van der Waals surface area (Å²) in [5.41, 5.74) is 8.23. The minimum absolute atomic E-state index is 0.150. The van der Waals surface area contributed by atoms with Gasteiger partial charge in [-0.15, -0.1) is 0 Å². The molecule has 0 aliphatic carbocycles. The minimum atomic E-state index is -0.585. The van der Waals surface area contributed by atoms with Crippen LogP contribution in [0.1, 0.15) is 11.1 Å². The van der Waals surface area contributed by atoms with Gasteiger partial charge in [0.15, 0.2) is 0 Å². The maximum absolute atomic E-state index is 11.4. The minimum Gasteiger partial charge on any atom is -0.453 e. The molecular formula is C15H17N5O4. The number of nitrogens with one attached hydrogen (secondary N) is 2. The second kappa shape index (κ2) is 7.27. The first kappa shape index (κ1) is 17.0. The molecule has 9 nitrogen and oxygen atoms in total. The van der Waals surface area contributed by atoms with Crippen LogP contribution in [0.15, 0.2) is 30.5 Å². The van der Waals surface area contributed by atoms with Crippen LogP contribution < -0.4 is 16.4 Å². The Labute approximate surface area is 138 Å². The van der Waals surface area contributed by atoms with Crippen molar-refractivity contribution < 1.29 is 14.5 Å². The van der Waals surface area contributed by atoms with Crippen molar-refractivity contribution in [3.05, 3.63) is 51.7 Å². The van der Waals surface area contributed by atoms with Crippen molar-refractivity contribution in [2.24, 2.45) is 0 Å². The van der Waals surface area contributed by atoms with Crippen LogP contribution in [0.3, 0.4) is 0 Å². The summed E-state index contributed by atoms with van der Waals surface area (Å²) >= 11 is 0. The largest absolute Gasteiger partial charge is 0.453 e. The molecule has 1 aromatic carbocycles. The highest BCUT2D eigenvalue weighted by Crippen LogP contribution is 2.25. The number of aromatic nitrogens is 1. The molecule has 0 aliphatic heterocycles. The molecule has 1 aromatic heterocycles. The van der Waals surface area contributed by atoms with E-state index < -0.39 is 11.0 Å². The lowest BCUT2D eigenvalue weighted by atomic mass is 10.1. The molecule has 0 saturated heterocycles. The summed E-state index contributed by atoms with van der Waals surface area (Å²) in [5.74, 6) is 0.150. The van der Waals surface area contributed by atoms with Gasteiger partial charge in [-0.25, -0.2) is 9.78 Å². The van der Waals surface area contributed by atoms with Gasteiger partial charge in [0.25, 0.3) is 5.69 Å². The summed E-state index contributed by atoms with van der Waals surface area (Å²) in [5, 5.41) is 16.5. The molecule has 1 heterocycles. The molecule has 2 aromatic rings. The third kappa shape index (κ3) is 3.88. The lowest BCUT2D eigenvalue weighted by molar-refractivity contribution is -0.385. The number of ether oxygens (including phenoxy) is 1. The van der Waals surface area contributed by atoms with E-state index in [-0.39, 0.29) is 11.5 Å². The van der Waals surface area contributed by atoms with Crippen LogP contribution in [0.25, 0.3) is 0 Å². The van der Waals surface area contributed by atoms with Crippen molar-refractivity contribution >= 4 is 29.0 Å². The molecule has 1 amide bonds. The number of aryl methyl sites for hydroxylation is 1. The number of nitrogen functional groups attached to an aromatic ring is 1. The first-order valence-corrected chi connectivity index (χ1v) is 6.99. The van der Waals surface area contributed by atoms with E-state index in [1.807, 2.05) is 13.0 Å². The van der Waals surface area contributed by atoms with E-state index in [1.54, 1.807) is 12.1 Å². The zero-order chi connectivity index (χ0) is 17.7. The van der Waals surface area contributed by atoms with E-state index in [0.29, 0.717) is 17.9 Å². The van der Waals surface area contributed by atoms with Crippen molar-refractivity contribution in [2.45, 2.75) is 13.5 Å². The van der Waals surface area contributed by atoms with Gasteiger partial charge in [0.05, 0.1) is 17.7 Å². The van der Waals surface area contributed by atoms with Crippen LogP contribution in [0, 0.1) is 17.0 Å². The zero-order valence-electron chi connectivity index (χ0n) is 13.2. The topological polar surface area (TPSA) is 132 Å². The quantitative estimate of drug-likeness (QED) is 0.566. The third-order valence-corrected chi connectivity index (χ3v) is 3.40. The van der Waals surface area contributed by atoms with Crippen LogP contribution in [-0.2, 0) is 11.3 Å². The summed E-state index contributed by atoms with van der Waals surface area (Å²) < 4.78 is 4.60. The number of nitro groups is 1. The molecule has 9 heteroatoms. The Bertz CT molecular complexity index is 778. The first-order chi connectivity index (χ1) is 11.4. The second-order valence-corrected chi connectivity index (χ2v) is 4.95. The molecule has 0 spiro atoms. The van der Waals surface area contributed by atoms with Gasteiger partial charge >= 0.3 is 6.09 Å². The van der Waals surface area contributed by atoms with Gasteiger partial charge in [0, 0.05) is 18.3 Å². The first-order valence-electron chi connectivity index (χ1n) is 6.99. The number of amides is 1. The molecule has 0 aliphatic rings. The number of benzene rings is 1. The monoisotopic (exact) mass is 331 g/mol. The number of carbonyl (C=O) groups is 1. The normalized spacial score (nSPS) is 10.1. The Morgan fingerprint density at radius 1 is 1.42 bits per heavy atom. The Morgan fingerprint density at radius 2 is 2.17 bits per heavy atom. The molecule has 4 N–H and O–H groups in total. The predicted molar refractivity (Wildman–Crippen MR) is 89.8 cm³/mol. The molecule has 0 radical (unpaired) electrons. The van der Waals surface area contributed by atoms with Gasteiger partial charge in [0.1, 0.15) is 12.0 Å². The Morgan fingerprint density at radius 3 is 2.83 bits per heavy atom. The Kier molecular flexibility index (Phi) is 5.15. The standard InChI is InChI=1S/C15H17N5O4/c1-9-4-3-5-12(19-15(21)24-2)11(9)8-17-13-6-10(20(22)23)7-18-14(13)16/h3-7,17H,8H2,1-2H3,(H2,16,18)(H,19,21). The second-order valence-electron chi connectivity index (χ2n) is 4.95. The maximum atomic E-state index is 11.4. The number of hydrogen-bond donors (Lipinski definition) is 3. The maximum Gasteiger partial charge on any atom is 0.411 e.